The monoisotopic (exact) mass is 411 g/mol. The van der Waals surface area contributed by atoms with Crippen molar-refractivity contribution in [1.29, 1.82) is 0 Å². The molecule has 0 aliphatic heterocycles. The Labute approximate surface area is 171 Å². The molecule has 2 N–H and O–H groups in total. The molecule has 1 unspecified atom stereocenters. The average Bonchev–Trinajstić information content (AvgIpc) is 3.22. The number of hydrogen-bond donors (Lipinski definition) is 2. The van der Waals surface area contributed by atoms with Crippen LogP contribution in [-0.4, -0.2) is 16.8 Å². The quantitative estimate of drug-likeness (QED) is 0.632. The Morgan fingerprint density at radius 2 is 1.93 bits per heavy atom. The summed E-state index contributed by atoms with van der Waals surface area (Å²) in [6, 6.07) is 14.4. The number of nitrogens with zero attached hydrogens (tertiary/aromatic N) is 1. The van der Waals surface area contributed by atoms with E-state index in [1.165, 1.54) is 11.3 Å². The predicted molar refractivity (Wildman–Crippen MR) is 112 cm³/mol. The van der Waals surface area contributed by atoms with Crippen LogP contribution in [0.1, 0.15) is 38.8 Å². The first kappa shape index (κ1) is 18.7. The number of halogens is 1. The van der Waals surface area contributed by atoms with Gasteiger partial charge < -0.3 is 5.32 Å². The zero-order valence-corrected chi connectivity index (χ0v) is 16.7. The van der Waals surface area contributed by atoms with Crippen LogP contribution in [0.25, 0.3) is 0 Å². The van der Waals surface area contributed by atoms with Crippen LogP contribution in [0.4, 0.5) is 10.8 Å². The molecule has 3 aromatic rings. The van der Waals surface area contributed by atoms with Gasteiger partial charge in [-0.25, -0.2) is 4.98 Å². The van der Waals surface area contributed by atoms with Crippen molar-refractivity contribution in [3.63, 3.8) is 0 Å². The minimum absolute atomic E-state index is 0.0646. The van der Waals surface area contributed by atoms with Gasteiger partial charge in [-0.2, -0.15) is 0 Å². The van der Waals surface area contributed by atoms with Gasteiger partial charge in [-0.15, -0.1) is 11.3 Å². The fraction of sp³-hybridized carbons (Fsp3) is 0.190. The van der Waals surface area contributed by atoms with E-state index in [0.29, 0.717) is 15.7 Å². The van der Waals surface area contributed by atoms with Crippen LogP contribution < -0.4 is 10.6 Å². The van der Waals surface area contributed by atoms with Crippen molar-refractivity contribution in [2.45, 2.75) is 25.7 Å². The molecule has 5 nitrogen and oxygen atoms in total. The van der Waals surface area contributed by atoms with E-state index >= 15 is 0 Å². The first-order chi connectivity index (χ1) is 13.5. The zero-order valence-electron chi connectivity index (χ0n) is 15.2. The number of aryl methyl sites for hydroxylation is 2. The summed E-state index contributed by atoms with van der Waals surface area (Å²) < 4.78 is 0. The van der Waals surface area contributed by atoms with Gasteiger partial charge in [-0.1, -0.05) is 23.7 Å². The van der Waals surface area contributed by atoms with Crippen molar-refractivity contribution in [3.05, 3.63) is 75.3 Å². The first-order valence-corrected chi connectivity index (χ1v) is 10.1. The third-order valence-corrected chi connectivity index (χ3v) is 5.95. The minimum atomic E-state index is -0.298. The van der Waals surface area contributed by atoms with Gasteiger partial charge in [0.25, 0.3) is 5.91 Å². The fourth-order valence-electron chi connectivity index (χ4n) is 3.26. The standard InChI is InChI=1S/C21H18ClN3O2S/c1-12-3-2-4-15(11-12)23-20(27)16-9-10-17-18(16)24-21(28-17)25-19(26)13-5-7-14(22)8-6-13/h2-8,11,16H,9-10H2,1H3,(H,23,27)(H,24,25,26). The maximum absolute atomic E-state index is 12.7. The zero-order chi connectivity index (χ0) is 19.7. The highest BCUT2D eigenvalue weighted by atomic mass is 35.5. The number of carbonyl (C=O) groups is 2. The van der Waals surface area contributed by atoms with Gasteiger partial charge in [0, 0.05) is 21.2 Å². The summed E-state index contributed by atoms with van der Waals surface area (Å²) in [7, 11) is 0. The van der Waals surface area contributed by atoms with E-state index in [9.17, 15) is 9.59 Å². The average molecular weight is 412 g/mol. The lowest BCUT2D eigenvalue weighted by molar-refractivity contribution is -0.117. The summed E-state index contributed by atoms with van der Waals surface area (Å²) in [4.78, 5) is 30.7. The second-order valence-corrected chi connectivity index (χ2v) is 8.26. The smallest absolute Gasteiger partial charge is 0.257 e. The Morgan fingerprint density at radius 3 is 2.68 bits per heavy atom. The number of benzene rings is 2. The highest BCUT2D eigenvalue weighted by Crippen LogP contribution is 2.39. The van der Waals surface area contributed by atoms with Crippen LogP contribution in [0, 0.1) is 6.92 Å². The highest BCUT2D eigenvalue weighted by Gasteiger charge is 2.33. The van der Waals surface area contributed by atoms with Crippen molar-refractivity contribution < 1.29 is 9.59 Å². The molecule has 0 saturated carbocycles. The maximum Gasteiger partial charge on any atom is 0.257 e. The number of fused-ring (bicyclic) bond motifs is 1. The van der Waals surface area contributed by atoms with E-state index in [0.717, 1.165) is 34.7 Å². The molecule has 0 fully saturated rings. The summed E-state index contributed by atoms with van der Waals surface area (Å²) in [5.41, 5.74) is 3.14. The van der Waals surface area contributed by atoms with E-state index in [1.54, 1.807) is 24.3 Å². The van der Waals surface area contributed by atoms with Crippen molar-refractivity contribution in [2.24, 2.45) is 0 Å². The molecule has 1 aromatic heterocycles. The normalized spacial score (nSPS) is 15.1. The van der Waals surface area contributed by atoms with Crippen molar-refractivity contribution in [1.82, 2.24) is 4.98 Å². The van der Waals surface area contributed by atoms with Gasteiger partial charge in [-0.05, 0) is 61.7 Å². The molecule has 142 valence electrons. The second kappa shape index (κ2) is 7.73. The van der Waals surface area contributed by atoms with Crippen LogP contribution in [0.5, 0.6) is 0 Å². The van der Waals surface area contributed by atoms with E-state index in [2.05, 4.69) is 15.6 Å². The molecule has 4 rings (SSSR count). The van der Waals surface area contributed by atoms with Gasteiger partial charge in [-0.3, -0.25) is 14.9 Å². The number of carbonyl (C=O) groups excluding carboxylic acids is 2. The Balaban J connectivity index is 1.47. The Bertz CT molecular complexity index is 1050. The highest BCUT2D eigenvalue weighted by molar-refractivity contribution is 7.16. The predicted octanol–water partition coefficient (Wildman–Crippen LogP) is 5.03. The molecular formula is C21H18ClN3O2S. The molecule has 1 aliphatic rings. The van der Waals surface area contributed by atoms with Crippen LogP contribution >= 0.6 is 22.9 Å². The Morgan fingerprint density at radius 1 is 1.14 bits per heavy atom. The van der Waals surface area contributed by atoms with Gasteiger partial charge in [0.2, 0.25) is 5.91 Å². The summed E-state index contributed by atoms with van der Waals surface area (Å²) >= 11 is 7.29. The van der Waals surface area contributed by atoms with Crippen LogP contribution in [0.15, 0.2) is 48.5 Å². The van der Waals surface area contributed by atoms with Crippen LogP contribution in [0.3, 0.4) is 0 Å². The van der Waals surface area contributed by atoms with Crippen molar-refractivity contribution in [2.75, 3.05) is 10.6 Å². The number of aromatic nitrogens is 1. The first-order valence-electron chi connectivity index (χ1n) is 8.93. The van der Waals surface area contributed by atoms with E-state index < -0.39 is 0 Å². The largest absolute Gasteiger partial charge is 0.326 e. The Hall–Kier alpha value is -2.70. The fourth-order valence-corrected chi connectivity index (χ4v) is 4.42. The molecular weight excluding hydrogens is 394 g/mol. The lowest BCUT2D eigenvalue weighted by Crippen LogP contribution is -2.20. The van der Waals surface area contributed by atoms with E-state index in [-0.39, 0.29) is 17.7 Å². The topological polar surface area (TPSA) is 71.1 Å². The third-order valence-electron chi connectivity index (χ3n) is 4.65. The van der Waals surface area contributed by atoms with E-state index in [1.807, 2.05) is 31.2 Å². The summed E-state index contributed by atoms with van der Waals surface area (Å²) in [5.74, 6) is -0.608. The number of amides is 2. The van der Waals surface area contributed by atoms with Gasteiger partial charge in [0.1, 0.15) is 0 Å². The third kappa shape index (κ3) is 3.93. The molecule has 0 saturated heterocycles. The number of rotatable bonds is 4. The molecule has 7 heteroatoms. The SMILES string of the molecule is Cc1cccc(NC(=O)C2CCc3sc(NC(=O)c4ccc(Cl)cc4)nc32)c1. The molecule has 0 spiro atoms. The summed E-state index contributed by atoms with van der Waals surface area (Å²) in [5, 5.41) is 6.88. The maximum atomic E-state index is 12.7. The minimum Gasteiger partial charge on any atom is -0.326 e. The van der Waals surface area contributed by atoms with Crippen LogP contribution in [0.2, 0.25) is 5.02 Å². The van der Waals surface area contributed by atoms with Gasteiger partial charge in [0.15, 0.2) is 5.13 Å². The molecule has 2 amide bonds. The molecule has 28 heavy (non-hydrogen) atoms. The Kier molecular flexibility index (Phi) is 5.15. The van der Waals surface area contributed by atoms with Gasteiger partial charge in [0.05, 0.1) is 11.6 Å². The second-order valence-electron chi connectivity index (χ2n) is 6.74. The lowest BCUT2D eigenvalue weighted by Gasteiger charge is -2.11. The lowest BCUT2D eigenvalue weighted by atomic mass is 10.1. The molecule has 1 atom stereocenters. The molecule has 1 aliphatic carbocycles. The summed E-state index contributed by atoms with van der Waals surface area (Å²) in [6.07, 6.45) is 1.52. The van der Waals surface area contributed by atoms with Crippen molar-refractivity contribution >= 4 is 45.6 Å². The van der Waals surface area contributed by atoms with Crippen LogP contribution in [-0.2, 0) is 11.2 Å². The number of hydrogen-bond acceptors (Lipinski definition) is 4. The number of nitrogens with one attached hydrogen (secondary N) is 2. The number of thiazole rings is 1. The molecule has 2 aromatic carbocycles. The van der Waals surface area contributed by atoms with Gasteiger partial charge >= 0.3 is 0 Å². The molecule has 0 bridgehead atoms. The number of anilines is 2. The summed E-state index contributed by atoms with van der Waals surface area (Å²) in [6.45, 7) is 1.99. The molecule has 0 radical (unpaired) electrons. The van der Waals surface area contributed by atoms with Crippen molar-refractivity contribution in [3.8, 4) is 0 Å². The molecule has 1 heterocycles. The van der Waals surface area contributed by atoms with E-state index in [4.69, 9.17) is 11.6 Å².